The molecule has 0 aliphatic heterocycles. The zero-order valence-corrected chi connectivity index (χ0v) is 8.73. The van der Waals surface area contributed by atoms with Crippen LogP contribution in [-0.4, -0.2) is 15.8 Å². The van der Waals surface area contributed by atoms with E-state index >= 15 is 0 Å². The molecule has 0 aliphatic rings. The number of aryl methyl sites for hydroxylation is 2. The topological polar surface area (TPSA) is 42.2 Å². The molecule has 78 valence electrons. The van der Waals surface area contributed by atoms with Crippen molar-refractivity contribution in [1.82, 2.24) is 4.57 Å². The fourth-order valence-corrected chi connectivity index (χ4v) is 1.39. The van der Waals surface area contributed by atoms with Crippen molar-refractivity contribution in [2.75, 3.05) is 0 Å². The van der Waals surface area contributed by atoms with E-state index in [4.69, 9.17) is 5.11 Å². The summed E-state index contributed by atoms with van der Waals surface area (Å²) in [6, 6.07) is 3.69. The van der Waals surface area contributed by atoms with Crippen molar-refractivity contribution in [2.45, 2.75) is 39.3 Å². The van der Waals surface area contributed by atoms with E-state index in [0.717, 1.165) is 18.4 Å². The number of aliphatic hydroxyl groups excluding tert-OH is 1. The van der Waals surface area contributed by atoms with Crippen molar-refractivity contribution in [1.29, 1.82) is 0 Å². The summed E-state index contributed by atoms with van der Waals surface area (Å²) in [6.07, 6.45) is 3.08. The molecule has 0 saturated carbocycles. The van der Waals surface area contributed by atoms with E-state index in [1.165, 1.54) is 0 Å². The van der Waals surface area contributed by atoms with Gasteiger partial charge in [-0.2, -0.15) is 0 Å². The summed E-state index contributed by atoms with van der Waals surface area (Å²) in [5.41, 5.74) is 0.836. The standard InChI is InChI=1S/C11H17NO2/c1-9-5-3-7-12(11(9)14)8-4-6-10(2)13/h3,5,7,10,13H,4,6,8H2,1-2H3. The number of hydrogen-bond donors (Lipinski definition) is 1. The second-order valence-electron chi connectivity index (χ2n) is 3.68. The minimum Gasteiger partial charge on any atom is -0.393 e. The Kier molecular flexibility index (Phi) is 3.89. The summed E-state index contributed by atoms with van der Waals surface area (Å²) in [7, 11) is 0. The zero-order valence-electron chi connectivity index (χ0n) is 8.73. The lowest BCUT2D eigenvalue weighted by molar-refractivity contribution is 0.179. The lowest BCUT2D eigenvalue weighted by atomic mass is 10.2. The molecule has 3 nitrogen and oxygen atoms in total. The van der Waals surface area contributed by atoms with Crippen molar-refractivity contribution in [2.24, 2.45) is 0 Å². The first-order valence-electron chi connectivity index (χ1n) is 4.95. The van der Waals surface area contributed by atoms with Crippen LogP contribution < -0.4 is 5.56 Å². The van der Waals surface area contributed by atoms with Gasteiger partial charge in [0.25, 0.3) is 5.56 Å². The Labute approximate surface area is 84.0 Å². The van der Waals surface area contributed by atoms with Gasteiger partial charge in [0.05, 0.1) is 6.10 Å². The molecule has 0 amide bonds. The van der Waals surface area contributed by atoms with Gasteiger partial charge in [0.1, 0.15) is 0 Å². The minimum atomic E-state index is -0.282. The van der Waals surface area contributed by atoms with E-state index < -0.39 is 0 Å². The highest BCUT2D eigenvalue weighted by Crippen LogP contribution is 1.98. The highest BCUT2D eigenvalue weighted by Gasteiger charge is 1.99. The van der Waals surface area contributed by atoms with Crippen LogP contribution in [0.15, 0.2) is 23.1 Å². The van der Waals surface area contributed by atoms with Crippen LogP contribution in [0.5, 0.6) is 0 Å². The Balaban J connectivity index is 2.59. The minimum absolute atomic E-state index is 0.0677. The molecule has 0 aliphatic carbocycles. The van der Waals surface area contributed by atoms with E-state index in [0.29, 0.717) is 6.54 Å². The van der Waals surface area contributed by atoms with Crippen LogP contribution in [0.3, 0.4) is 0 Å². The molecule has 1 atom stereocenters. The maximum atomic E-state index is 11.5. The van der Waals surface area contributed by atoms with Crippen molar-refractivity contribution in [3.63, 3.8) is 0 Å². The summed E-state index contributed by atoms with van der Waals surface area (Å²) in [5.74, 6) is 0. The van der Waals surface area contributed by atoms with Gasteiger partial charge in [-0.1, -0.05) is 6.07 Å². The van der Waals surface area contributed by atoms with Crippen LogP contribution in [0.25, 0.3) is 0 Å². The van der Waals surface area contributed by atoms with E-state index in [9.17, 15) is 4.79 Å². The first-order valence-corrected chi connectivity index (χ1v) is 4.95. The van der Waals surface area contributed by atoms with Crippen molar-refractivity contribution in [3.05, 3.63) is 34.2 Å². The van der Waals surface area contributed by atoms with Crippen molar-refractivity contribution >= 4 is 0 Å². The fourth-order valence-electron chi connectivity index (χ4n) is 1.39. The van der Waals surface area contributed by atoms with Crippen LogP contribution in [0, 0.1) is 6.92 Å². The third-order valence-corrected chi connectivity index (χ3v) is 2.23. The molecule has 0 fully saturated rings. The van der Waals surface area contributed by atoms with Crippen LogP contribution in [0.4, 0.5) is 0 Å². The molecule has 3 heteroatoms. The maximum absolute atomic E-state index is 11.5. The van der Waals surface area contributed by atoms with Crippen LogP contribution >= 0.6 is 0 Å². The van der Waals surface area contributed by atoms with Gasteiger partial charge in [0, 0.05) is 18.3 Å². The normalized spacial score (nSPS) is 12.8. The van der Waals surface area contributed by atoms with Gasteiger partial charge in [-0.3, -0.25) is 4.79 Å². The van der Waals surface area contributed by atoms with Gasteiger partial charge in [0.2, 0.25) is 0 Å². The second kappa shape index (κ2) is 4.96. The molecule has 1 N–H and O–H groups in total. The number of aromatic nitrogens is 1. The Morgan fingerprint density at radius 1 is 1.57 bits per heavy atom. The molecule has 1 unspecified atom stereocenters. The monoisotopic (exact) mass is 195 g/mol. The van der Waals surface area contributed by atoms with Gasteiger partial charge in [-0.25, -0.2) is 0 Å². The molecule has 14 heavy (non-hydrogen) atoms. The first kappa shape index (κ1) is 11.0. The van der Waals surface area contributed by atoms with Crippen LogP contribution in [0.1, 0.15) is 25.3 Å². The second-order valence-corrected chi connectivity index (χ2v) is 3.68. The SMILES string of the molecule is Cc1cccn(CCCC(C)O)c1=O. The number of aliphatic hydroxyl groups is 1. The summed E-state index contributed by atoms with van der Waals surface area (Å²) in [5, 5.41) is 9.07. The van der Waals surface area contributed by atoms with Gasteiger partial charge in [-0.05, 0) is 32.8 Å². The molecule has 0 saturated heterocycles. The molecule has 1 aromatic rings. The van der Waals surface area contributed by atoms with Crippen LogP contribution in [0.2, 0.25) is 0 Å². The average molecular weight is 195 g/mol. The third kappa shape index (κ3) is 3.00. The summed E-state index contributed by atoms with van der Waals surface area (Å²) in [4.78, 5) is 11.5. The summed E-state index contributed by atoms with van der Waals surface area (Å²) >= 11 is 0. The Hall–Kier alpha value is -1.09. The van der Waals surface area contributed by atoms with E-state index in [-0.39, 0.29) is 11.7 Å². The highest BCUT2D eigenvalue weighted by atomic mass is 16.3. The molecular weight excluding hydrogens is 178 g/mol. The molecule has 0 radical (unpaired) electrons. The van der Waals surface area contributed by atoms with Gasteiger partial charge in [-0.15, -0.1) is 0 Å². The first-order chi connectivity index (χ1) is 6.61. The van der Waals surface area contributed by atoms with Gasteiger partial charge < -0.3 is 9.67 Å². The van der Waals surface area contributed by atoms with E-state index in [1.807, 2.05) is 19.1 Å². The molecular formula is C11H17NO2. The van der Waals surface area contributed by atoms with Crippen LogP contribution in [-0.2, 0) is 6.54 Å². The number of hydrogen-bond acceptors (Lipinski definition) is 2. The third-order valence-electron chi connectivity index (χ3n) is 2.23. The molecule has 1 heterocycles. The smallest absolute Gasteiger partial charge is 0.253 e. The molecule has 1 rings (SSSR count). The predicted molar refractivity (Wildman–Crippen MR) is 56.4 cm³/mol. The maximum Gasteiger partial charge on any atom is 0.253 e. The Morgan fingerprint density at radius 3 is 2.93 bits per heavy atom. The molecule has 0 spiro atoms. The summed E-state index contributed by atoms with van der Waals surface area (Å²) in [6.45, 7) is 4.26. The van der Waals surface area contributed by atoms with Gasteiger partial charge >= 0.3 is 0 Å². The van der Waals surface area contributed by atoms with E-state index in [2.05, 4.69) is 0 Å². The lowest BCUT2D eigenvalue weighted by Gasteiger charge is -2.07. The lowest BCUT2D eigenvalue weighted by Crippen LogP contribution is -2.21. The molecule has 1 aromatic heterocycles. The van der Waals surface area contributed by atoms with Crippen molar-refractivity contribution < 1.29 is 5.11 Å². The number of rotatable bonds is 4. The Bertz CT molecular complexity index is 341. The van der Waals surface area contributed by atoms with Gasteiger partial charge in [0.15, 0.2) is 0 Å². The average Bonchev–Trinajstić information content (AvgIpc) is 2.12. The highest BCUT2D eigenvalue weighted by molar-refractivity contribution is 5.07. The number of pyridine rings is 1. The molecule has 0 bridgehead atoms. The van der Waals surface area contributed by atoms with Crippen molar-refractivity contribution in [3.8, 4) is 0 Å². The quantitative estimate of drug-likeness (QED) is 0.787. The zero-order chi connectivity index (χ0) is 10.6. The van der Waals surface area contributed by atoms with E-state index in [1.54, 1.807) is 17.7 Å². The predicted octanol–water partition coefficient (Wildman–Crippen LogP) is 1.32. The summed E-state index contributed by atoms with van der Waals surface area (Å²) < 4.78 is 1.69. The Morgan fingerprint density at radius 2 is 2.29 bits per heavy atom. The molecule has 0 aromatic carbocycles. The fraction of sp³-hybridized carbons (Fsp3) is 0.545. The number of nitrogens with zero attached hydrogens (tertiary/aromatic N) is 1. The largest absolute Gasteiger partial charge is 0.393 e.